The van der Waals surface area contributed by atoms with Crippen molar-refractivity contribution in [3.63, 3.8) is 0 Å². The summed E-state index contributed by atoms with van der Waals surface area (Å²) in [7, 11) is 3.55. The molecule has 1 aromatic rings. The van der Waals surface area contributed by atoms with Crippen molar-refractivity contribution in [3.8, 4) is 0 Å². The van der Waals surface area contributed by atoms with Gasteiger partial charge in [-0.05, 0) is 76.8 Å². The number of nitrogens with two attached hydrogens (primary N) is 1. The van der Waals surface area contributed by atoms with E-state index in [1.807, 2.05) is 40.8 Å². The average molecular weight is 498 g/mol. The van der Waals surface area contributed by atoms with Crippen LogP contribution in [-0.2, 0) is 27.2 Å². The Balaban J connectivity index is 0.000000470. The van der Waals surface area contributed by atoms with Gasteiger partial charge in [-0.3, -0.25) is 9.59 Å². The van der Waals surface area contributed by atoms with Crippen LogP contribution in [0.1, 0.15) is 45.7 Å². The molecule has 6 nitrogen and oxygen atoms in total. The number of allylic oxidation sites excluding steroid dienone is 3. The van der Waals surface area contributed by atoms with Gasteiger partial charge in [0.05, 0.1) is 16.8 Å². The van der Waals surface area contributed by atoms with Gasteiger partial charge in [0.1, 0.15) is 11.9 Å². The minimum Gasteiger partial charge on any atom is -0.459 e. The van der Waals surface area contributed by atoms with Crippen molar-refractivity contribution in [1.82, 2.24) is 10.6 Å². The van der Waals surface area contributed by atoms with Crippen LogP contribution in [0.3, 0.4) is 0 Å². The highest BCUT2D eigenvalue weighted by Gasteiger charge is 2.16. The summed E-state index contributed by atoms with van der Waals surface area (Å²) < 4.78 is 4.98. The predicted octanol–water partition coefficient (Wildman–Crippen LogP) is 4.17. The normalized spacial score (nSPS) is 14.0. The number of rotatable bonds is 7. The summed E-state index contributed by atoms with van der Waals surface area (Å²) in [5.74, 6) is -0.213. The molecule has 1 aliphatic rings. The number of halogens is 1. The van der Waals surface area contributed by atoms with Crippen molar-refractivity contribution in [2.45, 2.75) is 59.1 Å². The molecule has 0 heterocycles. The molecule has 0 aliphatic heterocycles. The number of thioether (sulfide) groups is 1. The number of alkyl halides is 1. The molecule has 0 aromatic heterocycles. The van der Waals surface area contributed by atoms with Crippen LogP contribution >= 0.6 is 23.4 Å². The number of likely N-dealkylation sites (N-methyl/N-ethyl adjacent to an activating group) is 1. The van der Waals surface area contributed by atoms with E-state index in [-0.39, 0.29) is 18.1 Å². The Hall–Kier alpha value is -1.80. The zero-order valence-electron chi connectivity index (χ0n) is 21.0. The van der Waals surface area contributed by atoms with Crippen LogP contribution in [0.5, 0.6) is 0 Å². The number of nitrogens with one attached hydrogen (secondary N) is 2. The average Bonchev–Trinajstić information content (AvgIpc) is 3.11. The molecule has 2 rings (SSSR count). The van der Waals surface area contributed by atoms with Crippen LogP contribution in [0.25, 0.3) is 0 Å². The number of benzene rings is 1. The lowest BCUT2D eigenvalue weighted by atomic mass is 10.1. The monoisotopic (exact) mass is 497 g/mol. The molecule has 0 fully saturated rings. The molecule has 0 saturated heterocycles. The standard InChI is InChI=1S/C9H14ClNOS.C9H11N.C7H15NO2/c1-7(5-12)4-8(2)9(11-3)13-6-10;10-9-5-7-3-1-2-4-8(7)6-9;1-7(2,3)10-6(9)5-8-4/h4-5,11H,6H2,1-3H3;1-4,9H,5-6,10H2;8H,5H2,1-4H3/b7-4+,9-8+;;. The fourth-order valence-electron chi connectivity index (χ4n) is 2.99. The van der Waals surface area contributed by atoms with Gasteiger partial charge in [-0.15, -0.1) is 11.6 Å². The van der Waals surface area contributed by atoms with E-state index in [0.29, 0.717) is 16.8 Å². The molecule has 1 aliphatic carbocycles. The van der Waals surface area contributed by atoms with Crippen molar-refractivity contribution in [1.29, 1.82) is 0 Å². The summed E-state index contributed by atoms with van der Waals surface area (Å²) in [6.45, 7) is 9.53. The SMILES string of the molecule is CN/C(SCCl)=C(C)\C=C(/C)C=O.CNCC(=O)OC(C)(C)C.NC1Cc2ccccc2C1. The molecular weight excluding hydrogens is 458 g/mol. The fourth-order valence-corrected chi connectivity index (χ4v) is 3.86. The first kappa shape index (κ1) is 31.2. The van der Waals surface area contributed by atoms with Gasteiger partial charge in [-0.2, -0.15) is 0 Å². The Bertz CT molecular complexity index is 779. The Morgan fingerprint density at radius 2 is 1.76 bits per heavy atom. The fraction of sp³-hybridized carbons (Fsp3) is 0.520. The van der Waals surface area contributed by atoms with Gasteiger partial charge >= 0.3 is 5.97 Å². The maximum absolute atomic E-state index is 10.8. The molecule has 0 amide bonds. The zero-order valence-corrected chi connectivity index (χ0v) is 22.5. The second-order valence-electron chi connectivity index (χ2n) is 8.58. The summed E-state index contributed by atoms with van der Waals surface area (Å²) in [5, 5.41) is 7.24. The number of ether oxygens (including phenoxy) is 1. The lowest BCUT2D eigenvalue weighted by Gasteiger charge is -2.19. The number of carbonyl (C=O) groups is 2. The minimum atomic E-state index is -0.367. The van der Waals surface area contributed by atoms with Crippen molar-refractivity contribution >= 4 is 35.6 Å². The van der Waals surface area contributed by atoms with E-state index in [1.54, 1.807) is 14.0 Å². The molecule has 0 saturated carbocycles. The van der Waals surface area contributed by atoms with E-state index in [0.717, 1.165) is 29.7 Å². The maximum atomic E-state index is 10.8. The van der Waals surface area contributed by atoms with E-state index in [9.17, 15) is 9.59 Å². The molecule has 186 valence electrons. The summed E-state index contributed by atoms with van der Waals surface area (Å²) in [5.41, 5.74) is 10.0. The van der Waals surface area contributed by atoms with E-state index in [4.69, 9.17) is 22.1 Å². The highest BCUT2D eigenvalue weighted by Crippen LogP contribution is 2.20. The minimum absolute atomic E-state index is 0.213. The number of hydrogen-bond donors (Lipinski definition) is 3. The van der Waals surface area contributed by atoms with Gasteiger partial charge < -0.3 is 21.1 Å². The summed E-state index contributed by atoms with van der Waals surface area (Å²) in [6.07, 6.45) is 4.80. The van der Waals surface area contributed by atoms with E-state index in [1.165, 1.54) is 22.9 Å². The van der Waals surface area contributed by atoms with Crippen LogP contribution in [0.4, 0.5) is 0 Å². The van der Waals surface area contributed by atoms with Crippen molar-refractivity contribution in [2.75, 3.05) is 25.9 Å². The van der Waals surface area contributed by atoms with Gasteiger partial charge in [-0.1, -0.05) is 42.1 Å². The van der Waals surface area contributed by atoms with Gasteiger partial charge in [0.2, 0.25) is 0 Å². The third-order valence-corrected chi connectivity index (χ3v) is 5.49. The van der Waals surface area contributed by atoms with Gasteiger partial charge in [0.25, 0.3) is 0 Å². The highest BCUT2D eigenvalue weighted by atomic mass is 35.5. The molecular formula is C25H40ClN3O3S. The summed E-state index contributed by atoms with van der Waals surface area (Å²) >= 11 is 7.10. The Labute approximate surface area is 208 Å². The second-order valence-corrected chi connectivity index (χ2v) is 10.1. The third kappa shape index (κ3) is 14.9. The maximum Gasteiger partial charge on any atom is 0.320 e. The van der Waals surface area contributed by atoms with Crippen LogP contribution in [0.2, 0.25) is 0 Å². The molecule has 0 atom stereocenters. The summed E-state index contributed by atoms with van der Waals surface area (Å²) in [6, 6.07) is 8.87. The molecule has 0 unspecified atom stereocenters. The molecule has 8 heteroatoms. The van der Waals surface area contributed by atoms with Gasteiger partial charge in [0, 0.05) is 13.1 Å². The van der Waals surface area contributed by atoms with E-state index >= 15 is 0 Å². The van der Waals surface area contributed by atoms with Crippen LogP contribution in [0.15, 0.2) is 46.5 Å². The quantitative estimate of drug-likeness (QED) is 0.171. The van der Waals surface area contributed by atoms with Crippen molar-refractivity contribution in [2.24, 2.45) is 5.73 Å². The van der Waals surface area contributed by atoms with E-state index < -0.39 is 0 Å². The first-order chi connectivity index (χ1) is 15.5. The predicted molar refractivity (Wildman–Crippen MR) is 141 cm³/mol. The van der Waals surface area contributed by atoms with Crippen LogP contribution in [0, 0.1) is 0 Å². The Morgan fingerprint density at radius 3 is 2.15 bits per heavy atom. The zero-order chi connectivity index (χ0) is 25.4. The molecule has 0 radical (unpaired) electrons. The first-order valence-electron chi connectivity index (χ1n) is 10.9. The lowest BCUT2D eigenvalue weighted by Crippen LogP contribution is -2.29. The van der Waals surface area contributed by atoms with Gasteiger partial charge in [-0.25, -0.2) is 0 Å². The molecule has 4 N–H and O–H groups in total. The number of hydrogen-bond acceptors (Lipinski definition) is 7. The topological polar surface area (TPSA) is 93.5 Å². The Morgan fingerprint density at radius 1 is 1.21 bits per heavy atom. The molecule has 33 heavy (non-hydrogen) atoms. The molecule has 0 bridgehead atoms. The lowest BCUT2D eigenvalue weighted by molar-refractivity contribution is -0.153. The first-order valence-corrected chi connectivity index (χ1v) is 12.4. The molecule has 0 spiro atoms. The highest BCUT2D eigenvalue weighted by molar-refractivity contribution is 8.04. The van der Waals surface area contributed by atoms with E-state index in [2.05, 4.69) is 34.9 Å². The van der Waals surface area contributed by atoms with Gasteiger partial charge in [0.15, 0.2) is 0 Å². The largest absolute Gasteiger partial charge is 0.459 e. The van der Waals surface area contributed by atoms with Crippen LogP contribution in [-0.4, -0.2) is 49.8 Å². The number of esters is 1. The Kier molecular flexibility index (Phi) is 15.8. The van der Waals surface area contributed by atoms with Crippen LogP contribution < -0.4 is 16.4 Å². The number of carbonyl (C=O) groups excluding carboxylic acids is 2. The van der Waals surface area contributed by atoms with Crippen molar-refractivity contribution < 1.29 is 14.3 Å². The second kappa shape index (κ2) is 16.8. The summed E-state index contributed by atoms with van der Waals surface area (Å²) in [4.78, 5) is 21.1. The third-order valence-electron chi connectivity index (χ3n) is 4.24. The smallest absolute Gasteiger partial charge is 0.320 e. The number of fused-ring (bicyclic) bond motifs is 1. The van der Waals surface area contributed by atoms with Crippen molar-refractivity contribution in [3.05, 3.63) is 57.6 Å². The number of aldehydes is 1. The molecule has 1 aromatic carbocycles.